The van der Waals surface area contributed by atoms with Crippen LogP contribution in [0.1, 0.15) is 98.0 Å². The van der Waals surface area contributed by atoms with Gasteiger partial charge in [0.25, 0.3) is 0 Å². The summed E-state index contributed by atoms with van der Waals surface area (Å²) in [5.74, 6) is -0.307. The van der Waals surface area contributed by atoms with E-state index in [4.69, 9.17) is 5.11 Å². The Morgan fingerprint density at radius 1 is 1.18 bits per heavy atom. The second-order valence-electron chi connectivity index (χ2n) is 9.63. The molecule has 1 N–H and O–H groups in total. The molecule has 180 valence electrons. The number of carboxylic acid groups (broad SMARTS) is 1. The zero-order valence-electron chi connectivity index (χ0n) is 21.2. The first-order chi connectivity index (χ1) is 16.3. The molecule has 0 radical (unpaired) electrons. The van der Waals surface area contributed by atoms with Gasteiger partial charge in [-0.25, -0.2) is 9.78 Å². The van der Waals surface area contributed by atoms with Crippen LogP contribution in [-0.4, -0.2) is 20.6 Å². The minimum atomic E-state index is -0.897. The molecule has 4 nitrogen and oxygen atoms in total. The van der Waals surface area contributed by atoms with E-state index in [9.17, 15) is 4.79 Å². The van der Waals surface area contributed by atoms with Crippen LogP contribution in [0.15, 0.2) is 55.1 Å². The third-order valence-corrected chi connectivity index (χ3v) is 6.81. The number of benzene rings is 2. The molecule has 1 aliphatic rings. The second kappa shape index (κ2) is 11.3. The van der Waals surface area contributed by atoms with Gasteiger partial charge in [-0.05, 0) is 77.0 Å². The molecule has 1 aliphatic carbocycles. The van der Waals surface area contributed by atoms with Crippen molar-refractivity contribution in [2.24, 2.45) is 0 Å². The minimum absolute atomic E-state index is 0.183. The topological polar surface area (TPSA) is 55.1 Å². The van der Waals surface area contributed by atoms with Gasteiger partial charge in [-0.3, -0.25) is 0 Å². The lowest BCUT2D eigenvalue weighted by Gasteiger charge is -2.37. The van der Waals surface area contributed by atoms with Crippen molar-refractivity contribution in [3.05, 3.63) is 88.5 Å². The van der Waals surface area contributed by atoms with E-state index in [2.05, 4.69) is 54.6 Å². The normalized spacial score (nSPS) is 16.6. The van der Waals surface area contributed by atoms with Crippen molar-refractivity contribution in [2.45, 2.75) is 78.2 Å². The summed E-state index contributed by atoms with van der Waals surface area (Å²) in [4.78, 5) is 15.3. The number of aryl methyl sites for hydroxylation is 2. The van der Waals surface area contributed by atoms with Crippen LogP contribution in [0, 0.1) is 0 Å². The number of imidazole rings is 1. The van der Waals surface area contributed by atoms with Crippen molar-refractivity contribution < 1.29 is 9.90 Å². The maximum atomic E-state index is 11.1. The number of hydrogen-bond acceptors (Lipinski definition) is 2. The van der Waals surface area contributed by atoms with Gasteiger partial charge in [0, 0.05) is 18.9 Å². The maximum absolute atomic E-state index is 11.1. The Morgan fingerprint density at radius 2 is 1.91 bits per heavy atom. The van der Waals surface area contributed by atoms with E-state index in [1.165, 1.54) is 35.1 Å². The first kappa shape index (κ1) is 25.5. The first-order valence-corrected chi connectivity index (χ1v) is 12.5. The SMILES string of the molecule is CC.CC1CCC(C)(C)c2cc(/C=C/c3ccc(C(=O)O)cc3)c(CCCn3ccnc3)cc21. The number of hydrogen-bond donors (Lipinski definition) is 1. The molecule has 0 spiro atoms. The van der Waals surface area contributed by atoms with Crippen LogP contribution in [0.25, 0.3) is 12.2 Å². The lowest BCUT2D eigenvalue weighted by atomic mass is 9.68. The van der Waals surface area contributed by atoms with Gasteiger partial charge in [0.15, 0.2) is 0 Å². The summed E-state index contributed by atoms with van der Waals surface area (Å²) in [6.07, 6.45) is 14.5. The van der Waals surface area contributed by atoms with Crippen LogP contribution in [0.4, 0.5) is 0 Å². The Kier molecular flexibility index (Phi) is 8.49. The number of nitrogens with zero attached hydrogens (tertiary/aromatic N) is 2. The molecule has 0 saturated heterocycles. The van der Waals surface area contributed by atoms with Gasteiger partial charge in [-0.2, -0.15) is 0 Å². The molecular weight excluding hydrogens is 420 g/mol. The van der Waals surface area contributed by atoms with Gasteiger partial charge in [-0.1, -0.05) is 71.0 Å². The molecule has 0 amide bonds. The largest absolute Gasteiger partial charge is 0.478 e. The van der Waals surface area contributed by atoms with Crippen molar-refractivity contribution >= 4 is 18.1 Å². The van der Waals surface area contributed by atoms with E-state index in [0.717, 1.165) is 24.9 Å². The Bertz CT molecular complexity index is 1110. The van der Waals surface area contributed by atoms with E-state index in [-0.39, 0.29) is 5.41 Å². The number of carboxylic acids is 1. The second-order valence-corrected chi connectivity index (χ2v) is 9.63. The van der Waals surface area contributed by atoms with Crippen LogP contribution in [0.3, 0.4) is 0 Å². The highest BCUT2D eigenvalue weighted by atomic mass is 16.4. The highest BCUT2D eigenvalue weighted by Gasteiger charge is 2.31. The highest BCUT2D eigenvalue weighted by Crippen LogP contribution is 2.43. The predicted molar refractivity (Wildman–Crippen MR) is 141 cm³/mol. The fourth-order valence-corrected chi connectivity index (χ4v) is 4.71. The van der Waals surface area contributed by atoms with Gasteiger partial charge in [-0.15, -0.1) is 0 Å². The monoisotopic (exact) mass is 458 g/mol. The Labute approximate surface area is 204 Å². The number of aromatic carboxylic acids is 1. The number of rotatable bonds is 7. The van der Waals surface area contributed by atoms with E-state index in [1.807, 2.05) is 44.7 Å². The van der Waals surface area contributed by atoms with E-state index in [1.54, 1.807) is 12.1 Å². The Balaban J connectivity index is 0.00000158. The Hall–Kier alpha value is -3.14. The van der Waals surface area contributed by atoms with Crippen molar-refractivity contribution in [2.75, 3.05) is 0 Å². The van der Waals surface area contributed by atoms with Crippen molar-refractivity contribution in [1.29, 1.82) is 0 Å². The molecule has 3 aromatic rings. The zero-order valence-corrected chi connectivity index (χ0v) is 21.2. The summed E-state index contributed by atoms with van der Waals surface area (Å²) < 4.78 is 2.13. The van der Waals surface area contributed by atoms with Gasteiger partial charge >= 0.3 is 5.97 Å². The van der Waals surface area contributed by atoms with Gasteiger partial charge in [0.05, 0.1) is 11.9 Å². The van der Waals surface area contributed by atoms with Crippen LogP contribution in [0.2, 0.25) is 0 Å². The summed E-state index contributed by atoms with van der Waals surface area (Å²) >= 11 is 0. The first-order valence-electron chi connectivity index (χ1n) is 12.5. The number of fused-ring (bicyclic) bond motifs is 1. The minimum Gasteiger partial charge on any atom is -0.478 e. The van der Waals surface area contributed by atoms with Crippen molar-refractivity contribution in [3.63, 3.8) is 0 Å². The third kappa shape index (κ3) is 6.05. The summed E-state index contributed by atoms with van der Waals surface area (Å²) in [6.45, 7) is 12.0. The van der Waals surface area contributed by atoms with E-state index >= 15 is 0 Å². The quantitative estimate of drug-likeness (QED) is 0.371. The van der Waals surface area contributed by atoms with Gasteiger partial charge in [0.2, 0.25) is 0 Å². The molecule has 4 rings (SSSR count). The molecule has 34 heavy (non-hydrogen) atoms. The predicted octanol–water partition coefficient (Wildman–Crippen LogP) is 7.59. The van der Waals surface area contributed by atoms with Gasteiger partial charge in [0.1, 0.15) is 0 Å². The maximum Gasteiger partial charge on any atom is 0.335 e. The van der Waals surface area contributed by atoms with Crippen LogP contribution in [-0.2, 0) is 18.4 Å². The fraction of sp³-hybridized carbons (Fsp3) is 0.400. The van der Waals surface area contributed by atoms with E-state index < -0.39 is 5.97 Å². The van der Waals surface area contributed by atoms with Crippen LogP contribution >= 0.6 is 0 Å². The molecule has 1 aromatic heterocycles. The van der Waals surface area contributed by atoms with E-state index in [0.29, 0.717) is 11.5 Å². The summed E-state index contributed by atoms with van der Waals surface area (Å²) in [6, 6.07) is 11.9. The summed E-state index contributed by atoms with van der Waals surface area (Å²) in [7, 11) is 0. The van der Waals surface area contributed by atoms with Crippen molar-refractivity contribution in [3.8, 4) is 0 Å². The lowest BCUT2D eigenvalue weighted by molar-refractivity contribution is 0.0697. The smallest absolute Gasteiger partial charge is 0.335 e. The number of aromatic nitrogens is 2. The third-order valence-electron chi connectivity index (χ3n) is 6.81. The van der Waals surface area contributed by atoms with Gasteiger partial charge < -0.3 is 9.67 Å². The van der Waals surface area contributed by atoms with Crippen molar-refractivity contribution in [1.82, 2.24) is 9.55 Å². The molecule has 1 unspecified atom stereocenters. The number of carbonyl (C=O) groups is 1. The molecule has 0 aliphatic heterocycles. The molecular formula is C30H38N2O2. The van der Waals surface area contributed by atoms with Crippen LogP contribution < -0.4 is 0 Å². The zero-order chi connectivity index (χ0) is 24.7. The van der Waals surface area contributed by atoms with Crippen LogP contribution in [0.5, 0.6) is 0 Å². The lowest BCUT2D eigenvalue weighted by Crippen LogP contribution is -2.26. The molecule has 4 heteroatoms. The Morgan fingerprint density at radius 3 is 2.56 bits per heavy atom. The molecule has 2 aromatic carbocycles. The molecule has 1 heterocycles. The average molecular weight is 459 g/mol. The molecule has 0 bridgehead atoms. The molecule has 0 saturated carbocycles. The molecule has 0 fully saturated rings. The summed E-state index contributed by atoms with van der Waals surface area (Å²) in [5, 5.41) is 9.13. The fourth-order valence-electron chi connectivity index (χ4n) is 4.71. The molecule has 1 atom stereocenters. The summed E-state index contributed by atoms with van der Waals surface area (Å²) in [5.41, 5.74) is 7.11. The highest BCUT2D eigenvalue weighted by molar-refractivity contribution is 5.88. The standard InChI is InChI=1S/C28H32N2O2.C2H6/c1-20-12-13-28(2,3)26-18-24(11-8-21-6-9-22(10-7-21)27(31)32)23(17-25(20)26)5-4-15-30-16-14-29-19-30;1-2/h6-11,14,16-20H,4-5,12-13,15H2,1-3H3,(H,31,32);1-2H3/b11-8+;. The average Bonchev–Trinajstić information content (AvgIpc) is 3.36.